The number of urea groups is 1. The van der Waals surface area contributed by atoms with E-state index in [0.717, 1.165) is 11.1 Å². The van der Waals surface area contributed by atoms with Crippen LogP contribution in [0.25, 0.3) is 0 Å². The van der Waals surface area contributed by atoms with E-state index in [0.29, 0.717) is 18.4 Å². The molecule has 1 aliphatic rings. The SMILES string of the molecule is CCC1=C(C)CN(C(=O)NCCc2ccc(S(=O)(=O)NC(=O)O)cc2)C1=O. The molecule has 4 amide bonds. The largest absolute Gasteiger partial charge is 0.464 e. The number of rotatable bonds is 6. The normalized spacial score (nSPS) is 14.4. The number of hydrogen-bond acceptors (Lipinski definition) is 5. The van der Waals surface area contributed by atoms with Crippen molar-refractivity contribution < 1.29 is 27.9 Å². The van der Waals surface area contributed by atoms with Crippen LogP contribution in [0.5, 0.6) is 0 Å². The van der Waals surface area contributed by atoms with Crippen LogP contribution in [0.2, 0.25) is 0 Å². The predicted octanol–water partition coefficient (Wildman–Crippen LogP) is 1.46. The van der Waals surface area contributed by atoms with Gasteiger partial charge in [-0.2, -0.15) is 0 Å². The third-order valence-electron chi connectivity index (χ3n) is 4.16. The molecule has 9 nitrogen and oxygen atoms in total. The molecule has 0 fully saturated rings. The number of benzene rings is 1. The Hall–Kier alpha value is -2.88. The highest BCUT2D eigenvalue weighted by molar-refractivity contribution is 7.90. The molecule has 146 valence electrons. The lowest BCUT2D eigenvalue weighted by molar-refractivity contribution is -0.123. The standard InChI is InChI=1S/C17H21N3O6S/c1-3-14-11(2)10-20(15(14)21)16(22)18-9-8-12-4-6-13(7-5-12)27(25,26)19-17(23)24/h4-7,19H,3,8-10H2,1-2H3,(H,18,22)(H,23,24). The van der Waals surface area contributed by atoms with Crippen molar-refractivity contribution in [2.24, 2.45) is 0 Å². The highest BCUT2D eigenvalue weighted by atomic mass is 32.2. The van der Waals surface area contributed by atoms with Crippen molar-refractivity contribution >= 4 is 28.1 Å². The third-order valence-corrected chi connectivity index (χ3v) is 5.49. The number of amides is 4. The quantitative estimate of drug-likeness (QED) is 0.668. The molecule has 1 aromatic rings. The minimum atomic E-state index is -4.11. The third kappa shape index (κ3) is 4.85. The molecule has 0 saturated carbocycles. The summed E-state index contributed by atoms with van der Waals surface area (Å²) >= 11 is 0. The molecule has 3 N–H and O–H groups in total. The first-order valence-corrected chi connectivity index (χ1v) is 9.77. The fraction of sp³-hybridized carbons (Fsp3) is 0.353. The fourth-order valence-corrected chi connectivity index (χ4v) is 3.63. The van der Waals surface area contributed by atoms with Crippen LogP contribution < -0.4 is 10.0 Å². The Bertz CT molecular complexity index is 890. The number of nitrogens with zero attached hydrogens (tertiary/aromatic N) is 1. The van der Waals surface area contributed by atoms with Crippen LogP contribution in [-0.2, 0) is 21.2 Å². The average Bonchev–Trinajstić information content (AvgIpc) is 2.88. The second-order valence-corrected chi connectivity index (χ2v) is 7.72. The summed E-state index contributed by atoms with van der Waals surface area (Å²) in [4.78, 5) is 35.8. The Kier molecular flexibility index (Phi) is 6.21. The summed E-state index contributed by atoms with van der Waals surface area (Å²) in [6, 6.07) is 5.17. The molecular weight excluding hydrogens is 374 g/mol. The van der Waals surface area contributed by atoms with Crippen LogP contribution in [0.15, 0.2) is 40.3 Å². The molecule has 1 aromatic carbocycles. The Labute approximate surface area is 157 Å². The molecule has 2 rings (SSSR count). The van der Waals surface area contributed by atoms with Crippen molar-refractivity contribution in [3.63, 3.8) is 0 Å². The van der Waals surface area contributed by atoms with Gasteiger partial charge in [0.25, 0.3) is 15.9 Å². The Morgan fingerprint density at radius 2 is 1.85 bits per heavy atom. The highest BCUT2D eigenvalue weighted by Gasteiger charge is 2.31. The second-order valence-electron chi connectivity index (χ2n) is 6.04. The molecular formula is C17H21N3O6S. The maximum absolute atomic E-state index is 12.2. The molecule has 0 unspecified atom stereocenters. The lowest BCUT2D eigenvalue weighted by Crippen LogP contribution is -2.42. The van der Waals surface area contributed by atoms with Crippen molar-refractivity contribution in [3.05, 3.63) is 41.0 Å². The zero-order valence-electron chi connectivity index (χ0n) is 15.0. The fourth-order valence-electron chi connectivity index (χ4n) is 2.79. The van der Waals surface area contributed by atoms with Crippen LogP contribution in [0, 0.1) is 0 Å². The molecule has 0 aliphatic carbocycles. The highest BCUT2D eigenvalue weighted by Crippen LogP contribution is 2.21. The number of carboxylic acid groups (broad SMARTS) is 1. The van der Waals surface area contributed by atoms with Crippen LogP contribution in [0.4, 0.5) is 9.59 Å². The summed E-state index contributed by atoms with van der Waals surface area (Å²) in [6.45, 7) is 4.26. The minimum Gasteiger partial charge on any atom is -0.464 e. The monoisotopic (exact) mass is 395 g/mol. The second kappa shape index (κ2) is 8.21. The van der Waals surface area contributed by atoms with Crippen LogP contribution in [0.1, 0.15) is 25.8 Å². The van der Waals surface area contributed by atoms with Crippen LogP contribution in [-0.4, -0.2) is 49.5 Å². The predicted molar refractivity (Wildman–Crippen MR) is 96.6 cm³/mol. The molecule has 1 aliphatic heterocycles. The van der Waals surface area contributed by atoms with E-state index in [1.165, 1.54) is 33.9 Å². The van der Waals surface area contributed by atoms with Crippen molar-refractivity contribution in [2.45, 2.75) is 31.6 Å². The molecule has 0 spiro atoms. The minimum absolute atomic E-state index is 0.172. The van der Waals surface area contributed by atoms with Crippen molar-refractivity contribution in [3.8, 4) is 0 Å². The number of nitrogens with one attached hydrogen (secondary N) is 2. The smallest absolute Gasteiger partial charge is 0.418 e. The summed E-state index contributed by atoms with van der Waals surface area (Å²) in [7, 11) is -4.11. The van der Waals surface area contributed by atoms with Gasteiger partial charge in [-0.05, 0) is 43.0 Å². The Morgan fingerprint density at radius 1 is 1.22 bits per heavy atom. The summed E-state index contributed by atoms with van der Waals surface area (Å²) in [5.41, 5.74) is 2.31. The van der Waals surface area contributed by atoms with Gasteiger partial charge >= 0.3 is 12.1 Å². The first-order valence-electron chi connectivity index (χ1n) is 8.28. The van der Waals surface area contributed by atoms with Crippen molar-refractivity contribution in [2.75, 3.05) is 13.1 Å². The molecule has 0 radical (unpaired) electrons. The Morgan fingerprint density at radius 3 is 2.37 bits per heavy atom. The summed E-state index contributed by atoms with van der Waals surface area (Å²) < 4.78 is 24.9. The average molecular weight is 395 g/mol. The van der Waals surface area contributed by atoms with Crippen LogP contribution >= 0.6 is 0 Å². The summed E-state index contributed by atoms with van der Waals surface area (Å²) in [6.07, 6.45) is -0.650. The Balaban J connectivity index is 1.88. The van der Waals surface area contributed by atoms with Gasteiger partial charge in [0.2, 0.25) is 0 Å². The van der Waals surface area contributed by atoms with Gasteiger partial charge in [-0.15, -0.1) is 0 Å². The molecule has 27 heavy (non-hydrogen) atoms. The molecule has 0 atom stereocenters. The van der Waals surface area contributed by atoms with Gasteiger partial charge in [-0.3, -0.25) is 9.69 Å². The van der Waals surface area contributed by atoms with Gasteiger partial charge in [0.15, 0.2) is 0 Å². The maximum Gasteiger partial charge on any atom is 0.418 e. The van der Waals surface area contributed by atoms with E-state index in [1.54, 1.807) is 0 Å². The maximum atomic E-state index is 12.2. The molecule has 0 saturated heterocycles. The van der Waals surface area contributed by atoms with E-state index >= 15 is 0 Å². The lowest BCUT2D eigenvalue weighted by atomic mass is 10.1. The lowest BCUT2D eigenvalue weighted by Gasteiger charge is -2.16. The van der Waals surface area contributed by atoms with Crippen molar-refractivity contribution in [1.29, 1.82) is 0 Å². The van der Waals surface area contributed by atoms with E-state index in [2.05, 4.69) is 5.32 Å². The van der Waals surface area contributed by atoms with Gasteiger partial charge in [0.05, 0.1) is 11.4 Å². The number of sulfonamides is 1. The van der Waals surface area contributed by atoms with Gasteiger partial charge in [-0.25, -0.2) is 22.7 Å². The zero-order valence-corrected chi connectivity index (χ0v) is 15.8. The van der Waals surface area contributed by atoms with Gasteiger partial charge in [0, 0.05) is 12.1 Å². The molecule has 10 heteroatoms. The van der Waals surface area contributed by atoms with E-state index in [-0.39, 0.29) is 23.9 Å². The van der Waals surface area contributed by atoms with Crippen molar-refractivity contribution in [1.82, 2.24) is 14.9 Å². The van der Waals surface area contributed by atoms with E-state index in [1.807, 2.05) is 13.8 Å². The molecule has 0 bridgehead atoms. The molecule has 0 aromatic heterocycles. The van der Waals surface area contributed by atoms with E-state index in [4.69, 9.17) is 5.11 Å². The number of hydrogen-bond donors (Lipinski definition) is 3. The van der Waals surface area contributed by atoms with Gasteiger partial charge in [0.1, 0.15) is 0 Å². The number of imide groups is 1. The van der Waals surface area contributed by atoms with Crippen LogP contribution in [0.3, 0.4) is 0 Å². The summed E-state index contributed by atoms with van der Waals surface area (Å²) in [5, 5.41) is 11.2. The number of carbonyl (C=O) groups is 3. The zero-order chi connectivity index (χ0) is 20.2. The van der Waals surface area contributed by atoms with E-state index in [9.17, 15) is 22.8 Å². The van der Waals surface area contributed by atoms with Gasteiger partial charge < -0.3 is 10.4 Å². The first kappa shape index (κ1) is 20.4. The number of carbonyl (C=O) groups excluding carboxylic acids is 2. The first-order chi connectivity index (χ1) is 12.7. The topological polar surface area (TPSA) is 133 Å². The summed E-state index contributed by atoms with van der Waals surface area (Å²) in [5.74, 6) is -0.270. The van der Waals surface area contributed by atoms with Gasteiger partial charge in [-0.1, -0.05) is 19.1 Å². The molecule has 1 heterocycles. The van der Waals surface area contributed by atoms with E-state index < -0.39 is 22.1 Å².